The summed E-state index contributed by atoms with van der Waals surface area (Å²) in [5.41, 5.74) is 5.20. The number of halogens is 2. The number of hydrogen-bond acceptors (Lipinski definition) is 2. The minimum atomic E-state index is -0.518. The normalized spacial score (nSPS) is 11.9. The van der Waals surface area contributed by atoms with Crippen LogP contribution in [0.2, 0.25) is 5.02 Å². The third-order valence-corrected chi connectivity index (χ3v) is 5.41. The first-order valence-electron chi connectivity index (χ1n) is 9.68. The molecule has 0 amide bonds. The summed E-state index contributed by atoms with van der Waals surface area (Å²) in [4.78, 5) is 10.7. The molecule has 0 radical (unpaired) electrons. The van der Waals surface area contributed by atoms with Gasteiger partial charge in [0.1, 0.15) is 6.29 Å². The van der Waals surface area contributed by atoms with Gasteiger partial charge in [-0.1, -0.05) is 41.9 Å². The lowest BCUT2D eigenvalue weighted by Crippen LogP contribution is -2.06. The van der Waals surface area contributed by atoms with Gasteiger partial charge in [-0.05, 0) is 79.3 Å². The Morgan fingerprint density at radius 1 is 1.00 bits per heavy atom. The summed E-state index contributed by atoms with van der Waals surface area (Å²) in [7, 11) is 0. The zero-order valence-electron chi connectivity index (χ0n) is 16.6. The molecule has 3 aromatic carbocycles. The monoisotopic (exact) mass is 410 g/mol. The van der Waals surface area contributed by atoms with Crippen LogP contribution in [0.3, 0.4) is 0 Å². The fourth-order valence-electron chi connectivity index (χ4n) is 3.41. The topological polar surface area (TPSA) is 26.3 Å². The molecule has 3 aromatic rings. The molecule has 3 rings (SSSR count). The molecule has 2 nitrogen and oxygen atoms in total. The molecule has 0 heterocycles. The maximum Gasteiger partial charge on any atom is 0.165 e. The number of carbonyl (C=O) groups excluding carboxylic acids is 1. The summed E-state index contributed by atoms with van der Waals surface area (Å²) in [5.74, 6) is -0.171. The van der Waals surface area contributed by atoms with Gasteiger partial charge in [-0.2, -0.15) is 0 Å². The standard InChI is InChI=1S/C25H24ClFO2/c1-17-8-10-21(13-18(17)2)23(20-5-3-6-22(26)15-20)7-4-12-29-25-11-9-19(16-28)14-24(25)27/h3,5-6,8-11,13-16,23H,4,7,12H2,1-2H3. The highest BCUT2D eigenvalue weighted by atomic mass is 35.5. The average molecular weight is 411 g/mol. The van der Waals surface area contributed by atoms with Gasteiger partial charge < -0.3 is 4.74 Å². The maximum atomic E-state index is 14.0. The molecule has 150 valence electrons. The van der Waals surface area contributed by atoms with Crippen molar-refractivity contribution in [2.24, 2.45) is 0 Å². The third-order valence-electron chi connectivity index (χ3n) is 5.17. The Kier molecular flexibility index (Phi) is 7.05. The third kappa shape index (κ3) is 5.45. The summed E-state index contributed by atoms with van der Waals surface area (Å²) < 4.78 is 19.6. The van der Waals surface area contributed by atoms with E-state index in [9.17, 15) is 9.18 Å². The molecule has 1 unspecified atom stereocenters. The molecular weight excluding hydrogens is 387 g/mol. The van der Waals surface area contributed by atoms with Gasteiger partial charge in [0.2, 0.25) is 0 Å². The molecule has 0 saturated heterocycles. The van der Waals surface area contributed by atoms with E-state index in [0.717, 1.165) is 18.4 Å². The molecule has 0 aliphatic carbocycles. The van der Waals surface area contributed by atoms with Crippen LogP contribution in [0.1, 0.15) is 51.4 Å². The van der Waals surface area contributed by atoms with Gasteiger partial charge in [-0.3, -0.25) is 4.79 Å². The van der Waals surface area contributed by atoms with E-state index in [1.807, 2.05) is 18.2 Å². The quantitative estimate of drug-likeness (QED) is 0.298. The number of carbonyl (C=O) groups is 1. The number of ether oxygens (including phenoxy) is 1. The summed E-state index contributed by atoms with van der Waals surface area (Å²) in [6.07, 6.45) is 2.21. The van der Waals surface area contributed by atoms with Gasteiger partial charge in [0.15, 0.2) is 11.6 Å². The van der Waals surface area contributed by atoms with Crippen molar-refractivity contribution in [3.8, 4) is 5.75 Å². The highest BCUT2D eigenvalue weighted by molar-refractivity contribution is 6.30. The Morgan fingerprint density at radius 3 is 2.48 bits per heavy atom. The Balaban J connectivity index is 1.72. The first-order chi connectivity index (χ1) is 14.0. The Labute approximate surface area is 176 Å². The summed E-state index contributed by atoms with van der Waals surface area (Å²) in [6, 6.07) is 18.7. The van der Waals surface area contributed by atoms with Crippen LogP contribution >= 0.6 is 11.6 Å². The van der Waals surface area contributed by atoms with Crippen LogP contribution in [-0.2, 0) is 0 Å². The van der Waals surface area contributed by atoms with Crippen molar-refractivity contribution in [3.05, 3.63) is 99.3 Å². The molecule has 0 bridgehead atoms. The van der Waals surface area contributed by atoms with E-state index in [1.54, 1.807) is 6.07 Å². The van der Waals surface area contributed by atoms with Gasteiger partial charge in [0, 0.05) is 16.5 Å². The molecule has 1 atom stereocenters. The predicted octanol–water partition coefficient (Wildman–Crippen LogP) is 6.90. The lowest BCUT2D eigenvalue weighted by Gasteiger charge is -2.20. The van der Waals surface area contributed by atoms with E-state index in [-0.39, 0.29) is 11.7 Å². The molecule has 0 saturated carbocycles. The van der Waals surface area contributed by atoms with Gasteiger partial charge in [0.05, 0.1) is 6.61 Å². The predicted molar refractivity (Wildman–Crippen MR) is 116 cm³/mol. The minimum Gasteiger partial charge on any atom is -0.491 e. The molecule has 0 aliphatic rings. The number of rotatable bonds is 8. The number of aryl methyl sites for hydroxylation is 2. The molecule has 4 heteroatoms. The minimum absolute atomic E-state index is 0.168. The van der Waals surface area contributed by atoms with E-state index in [2.05, 4.69) is 38.1 Å². The fraction of sp³-hybridized carbons (Fsp3) is 0.240. The van der Waals surface area contributed by atoms with E-state index in [0.29, 0.717) is 23.5 Å². The second-order valence-corrected chi connectivity index (χ2v) is 7.69. The van der Waals surface area contributed by atoms with Crippen LogP contribution in [0.4, 0.5) is 4.39 Å². The highest BCUT2D eigenvalue weighted by Gasteiger charge is 2.16. The molecule has 0 spiro atoms. The average Bonchev–Trinajstić information content (AvgIpc) is 2.71. The lowest BCUT2D eigenvalue weighted by atomic mass is 9.86. The molecule has 0 aromatic heterocycles. The molecule has 0 aliphatic heterocycles. The highest BCUT2D eigenvalue weighted by Crippen LogP contribution is 2.32. The van der Waals surface area contributed by atoms with Crippen LogP contribution < -0.4 is 4.74 Å². The van der Waals surface area contributed by atoms with Crippen molar-refractivity contribution in [3.63, 3.8) is 0 Å². The molecule has 29 heavy (non-hydrogen) atoms. The summed E-state index contributed by atoms with van der Waals surface area (Å²) >= 11 is 6.23. The number of benzene rings is 3. The van der Waals surface area contributed by atoms with Crippen LogP contribution in [0.5, 0.6) is 5.75 Å². The van der Waals surface area contributed by atoms with E-state index < -0.39 is 5.82 Å². The molecule has 0 N–H and O–H groups in total. The van der Waals surface area contributed by atoms with Crippen molar-refractivity contribution in [2.75, 3.05) is 6.61 Å². The van der Waals surface area contributed by atoms with Gasteiger partial charge in [0.25, 0.3) is 0 Å². The Hall–Kier alpha value is -2.65. The van der Waals surface area contributed by atoms with Crippen LogP contribution in [0.15, 0.2) is 60.7 Å². The smallest absolute Gasteiger partial charge is 0.165 e. The SMILES string of the molecule is Cc1ccc(C(CCCOc2ccc(C=O)cc2F)c2cccc(Cl)c2)cc1C. The van der Waals surface area contributed by atoms with Gasteiger partial charge in [-0.25, -0.2) is 4.39 Å². The summed E-state index contributed by atoms with van der Waals surface area (Å²) in [6.45, 7) is 4.60. The largest absolute Gasteiger partial charge is 0.491 e. The van der Waals surface area contributed by atoms with Crippen molar-refractivity contribution < 1.29 is 13.9 Å². The first kappa shape index (κ1) is 21.1. The van der Waals surface area contributed by atoms with Crippen molar-refractivity contribution >= 4 is 17.9 Å². The van der Waals surface area contributed by atoms with Crippen LogP contribution in [0.25, 0.3) is 0 Å². The van der Waals surface area contributed by atoms with E-state index >= 15 is 0 Å². The van der Waals surface area contributed by atoms with Gasteiger partial charge in [-0.15, -0.1) is 0 Å². The number of hydrogen-bond donors (Lipinski definition) is 0. The van der Waals surface area contributed by atoms with Crippen LogP contribution in [0, 0.1) is 19.7 Å². The molecule has 0 fully saturated rings. The Bertz CT molecular complexity index is 1000. The maximum absolute atomic E-state index is 14.0. The van der Waals surface area contributed by atoms with Crippen molar-refractivity contribution in [1.82, 2.24) is 0 Å². The molecular formula is C25H24ClFO2. The second kappa shape index (κ2) is 9.71. The second-order valence-electron chi connectivity index (χ2n) is 7.25. The zero-order chi connectivity index (χ0) is 20.8. The lowest BCUT2D eigenvalue weighted by molar-refractivity contribution is 0.112. The van der Waals surface area contributed by atoms with Gasteiger partial charge >= 0.3 is 0 Å². The van der Waals surface area contributed by atoms with Crippen LogP contribution in [-0.4, -0.2) is 12.9 Å². The zero-order valence-corrected chi connectivity index (χ0v) is 17.4. The summed E-state index contributed by atoms with van der Waals surface area (Å²) in [5, 5.41) is 0.713. The van der Waals surface area contributed by atoms with E-state index in [1.165, 1.54) is 28.8 Å². The Morgan fingerprint density at radius 2 is 1.79 bits per heavy atom. The first-order valence-corrected chi connectivity index (χ1v) is 10.1. The number of aldehydes is 1. The van der Waals surface area contributed by atoms with Crippen molar-refractivity contribution in [1.29, 1.82) is 0 Å². The van der Waals surface area contributed by atoms with Crippen molar-refractivity contribution in [2.45, 2.75) is 32.6 Å². The fourth-order valence-corrected chi connectivity index (χ4v) is 3.61. The van der Waals surface area contributed by atoms with E-state index in [4.69, 9.17) is 16.3 Å².